The van der Waals surface area contributed by atoms with Crippen LogP contribution < -0.4 is 5.32 Å². The maximum atomic E-state index is 12.1. The number of hydrogen-bond donors (Lipinski definition) is 1. The zero-order valence-electron chi connectivity index (χ0n) is 12.9. The number of carbonyl (C=O) groups is 1. The Hall–Kier alpha value is -1.89. The van der Waals surface area contributed by atoms with E-state index in [1.54, 1.807) is 4.68 Å². The number of rotatable bonds is 5. The second kappa shape index (κ2) is 6.08. The number of tetrazole rings is 1. The monoisotopic (exact) mass is 317 g/mol. The molecule has 1 aliphatic carbocycles. The van der Waals surface area contributed by atoms with E-state index in [1.165, 1.54) is 11.8 Å². The van der Waals surface area contributed by atoms with E-state index in [4.69, 9.17) is 0 Å². The second-order valence-corrected chi connectivity index (χ2v) is 7.01. The van der Waals surface area contributed by atoms with Gasteiger partial charge in [0.1, 0.15) is 0 Å². The molecule has 6 nitrogen and oxygen atoms in total. The van der Waals surface area contributed by atoms with Crippen molar-refractivity contribution in [1.29, 1.82) is 0 Å². The van der Waals surface area contributed by atoms with Crippen LogP contribution in [0, 0.1) is 13.8 Å². The Morgan fingerprint density at radius 2 is 2.18 bits per heavy atom. The molecule has 116 valence electrons. The molecule has 3 rings (SSSR count). The molecule has 1 atom stereocenters. The number of carbonyl (C=O) groups excluding carboxylic acids is 1. The highest BCUT2D eigenvalue weighted by Gasteiger charge is 2.27. The Kier molecular flexibility index (Phi) is 4.15. The molecule has 1 heterocycles. The van der Waals surface area contributed by atoms with E-state index in [0.717, 1.165) is 29.7 Å². The molecule has 1 fully saturated rings. The molecule has 0 spiro atoms. The molecular weight excluding hydrogens is 298 g/mol. The van der Waals surface area contributed by atoms with Crippen molar-refractivity contribution in [3.05, 3.63) is 29.3 Å². The zero-order chi connectivity index (χ0) is 15.7. The van der Waals surface area contributed by atoms with Crippen LogP contribution in [0.4, 0.5) is 0 Å². The first-order valence-corrected chi connectivity index (χ1v) is 8.25. The van der Waals surface area contributed by atoms with Crippen molar-refractivity contribution in [1.82, 2.24) is 25.5 Å². The molecule has 0 saturated heterocycles. The summed E-state index contributed by atoms with van der Waals surface area (Å²) < 4.78 is 1.70. The van der Waals surface area contributed by atoms with Gasteiger partial charge in [-0.2, -0.15) is 4.68 Å². The molecule has 0 unspecified atom stereocenters. The fourth-order valence-electron chi connectivity index (χ4n) is 2.11. The Labute approximate surface area is 133 Å². The Morgan fingerprint density at radius 1 is 1.41 bits per heavy atom. The summed E-state index contributed by atoms with van der Waals surface area (Å²) in [6.07, 6.45) is 2.17. The van der Waals surface area contributed by atoms with E-state index in [1.807, 2.05) is 32.9 Å². The first-order chi connectivity index (χ1) is 10.5. The minimum Gasteiger partial charge on any atom is -0.352 e. The van der Waals surface area contributed by atoms with Crippen LogP contribution in [-0.4, -0.2) is 37.4 Å². The summed E-state index contributed by atoms with van der Waals surface area (Å²) in [6.45, 7) is 5.93. The molecule has 1 N–H and O–H groups in total. The van der Waals surface area contributed by atoms with Gasteiger partial charge in [-0.1, -0.05) is 23.9 Å². The van der Waals surface area contributed by atoms with Crippen LogP contribution in [0.3, 0.4) is 0 Å². The van der Waals surface area contributed by atoms with E-state index in [9.17, 15) is 4.79 Å². The highest BCUT2D eigenvalue weighted by atomic mass is 32.2. The fourth-order valence-corrected chi connectivity index (χ4v) is 2.92. The molecule has 0 radical (unpaired) electrons. The number of benzene rings is 1. The predicted molar refractivity (Wildman–Crippen MR) is 85.1 cm³/mol. The summed E-state index contributed by atoms with van der Waals surface area (Å²) in [5.74, 6) is 0.0445. The summed E-state index contributed by atoms with van der Waals surface area (Å²) in [5, 5.41) is 15.3. The molecule has 1 aliphatic rings. The van der Waals surface area contributed by atoms with Crippen molar-refractivity contribution in [2.24, 2.45) is 0 Å². The average molecular weight is 317 g/mol. The highest BCUT2D eigenvalue weighted by molar-refractivity contribution is 8.00. The normalized spacial score (nSPS) is 15.6. The Morgan fingerprint density at radius 3 is 2.91 bits per heavy atom. The zero-order valence-corrected chi connectivity index (χ0v) is 13.7. The number of nitrogens with one attached hydrogen (secondary N) is 1. The number of amides is 1. The van der Waals surface area contributed by atoms with Crippen molar-refractivity contribution in [3.8, 4) is 5.69 Å². The summed E-state index contributed by atoms with van der Waals surface area (Å²) in [6, 6.07) is 6.52. The Balaban J connectivity index is 1.79. The number of aromatic nitrogens is 4. The quantitative estimate of drug-likeness (QED) is 0.854. The summed E-state index contributed by atoms with van der Waals surface area (Å²) in [4.78, 5) is 12.1. The van der Waals surface area contributed by atoms with Crippen LogP contribution in [0.25, 0.3) is 5.69 Å². The summed E-state index contributed by atoms with van der Waals surface area (Å²) in [5.41, 5.74) is 3.18. The molecule has 2 aromatic rings. The minimum absolute atomic E-state index is 0.0445. The molecule has 7 heteroatoms. The standard InChI is InChI=1S/C15H19N5OS/c1-9-4-5-10(2)13(8-9)20-15(17-18-19-20)22-11(3)14(21)16-12-6-7-12/h4-5,8,11-12H,6-7H2,1-3H3,(H,16,21)/t11-/m1/s1. The first kappa shape index (κ1) is 15.0. The number of nitrogens with zero attached hydrogens (tertiary/aromatic N) is 4. The maximum Gasteiger partial charge on any atom is 0.233 e. The van der Waals surface area contributed by atoms with Gasteiger partial charge >= 0.3 is 0 Å². The van der Waals surface area contributed by atoms with Crippen molar-refractivity contribution in [2.45, 2.75) is 50.1 Å². The fraction of sp³-hybridized carbons (Fsp3) is 0.467. The molecule has 1 saturated carbocycles. The first-order valence-electron chi connectivity index (χ1n) is 7.37. The van der Waals surface area contributed by atoms with E-state index >= 15 is 0 Å². The van der Waals surface area contributed by atoms with Gasteiger partial charge in [0, 0.05) is 6.04 Å². The van der Waals surface area contributed by atoms with Gasteiger partial charge < -0.3 is 5.32 Å². The largest absolute Gasteiger partial charge is 0.352 e. The maximum absolute atomic E-state index is 12.1. The lowest BCUT2D eigenvalue weighted by molar-refractivity contribution is -0.120. The van der Waals surface area contributed by atoms with Crippen LogP contribution in [0.2, 0.25) is 0 Å². The van der Waals surface area contributed by atoms with Crippen LogP contribution in [0.5, 0.6) is 0 Å². The third-order valence-corrected chi connectivity index (χ3v) is 4.64. The third kappa shape index (κ3) is 3.30. The van der Waals surface area contributed by atoms with E-state index < -0.39 is 0 Å². The van der Waals surface area contributed by atoms with Crippen LogP contribution in [0.1, 0.15) is 30.9 Å². The minimum atomic E-state index is -0.226. The third-order valence-electron chi connectivity index (χ3n) is 3.61. The number of thioether (sulfide) groups is 1. The van der Waals surface area contributed by atoms with E-state index in [0.29, 0.717) is 11.2 Å². The smallest absolute Gasteiger partial charge is 0.233 e. The van der Waals surface area contributed by atoms with Gasteiger partial charge in [0.15, 0.2) is 0 Å². The summed E-state index contributed by atoms with van der Waals surface area (Å²) >= 11 is 1.38. The van der Waals surface area contributed by atoms with Gasteiger partial charge in [0.25, 0.3) is 0 Å². The SMILES string of the molecule is Cc1ccc(C)c(-n2nnnc2S[C@H](C)C(=O)NC2CC2)c1. The lowest BCUT2D eigenvalue weighted by atomic mass is 10.1. The number of hydrogen-bond acceptors (Lipinski definition) is 5. The molecular formula is C15H19N5OS. The highest BCUT2D eigenvalue weighted by Crippen LogP contribution is 2.26. The van der Waals surface area contributed by atoms with Gasteiger partial charge in [0.05, 0.1) is 10.9 Å². The summed E-state index contributed by atoms with van der Waals surface area (Å²) in [7, 11) is 0. The van der Waals surface area contributed by atoms with Crippen LogP contribution >= 0.6 is 11.8 Å². The van der Waals surface area contributed by atoms with Crippen molar-refractivity contribution in [2.75, 3.05) is 0 Å². The number of aryl methyl sites for hydroxylation is 2. The molecule has 1 aromatic carbocycles. The van der Waals surface area contributed by atoms with Crippen LogP contribution in [-0.2, 0) is 4.79 Å². The van der Waals surface area contributed by atoms with Gasteiger partial charge in [0.2, 0.25) is 11.1 Å². The average Bonchev–Trinajstić information content (AvgIpc) is 3.18. The molecule has 0 bridgehead atoms. The van der Waals surface area contributed by atoms with Crippen molar-refractivity contribution >= 4 is 17.7 Å². The van der Waals surface area contributed by atoms with Gasteiger partial charge in [-0.3, -0.25) is 4.79 Å². The van der Waals surface area contributed by atoms with Gasteiger partial charge in [-0.15, -0.1) is 5.10 Å². The molecule has 1 amide bonds. The van der Waals surface area contributed by atoms with Gasteiger partial charge in [-0.05, 0) is 61.2 Å². The topological polar surface area (TPSA) is 72.7 Å². The van der Waals surface area contributed by atoms with E-state index in [2.05, 4.69) is 26.9 Å². The van der Waals surface area contributed by atoms with Crippen molar-refractivity contribution < 1.29 is 4.79 Å². The predicted octanol–water partition coefficient (Wildman–Crippen LogP) is 2.04. The molecule has 22 heavy (non-hydrogen) atoms. The molecule has 1 aromatic heterocycles. The van der Waals surface area contributed by atoms with Crippen LogP contribution in [0.15, 0.2) is 23.4 Å². The van der Waals surface area contributed by atoms with Crippen molar-refractivity contribution in [3.63, 3.8) is 0 Å². The van der Waals surface area contributed by atoms with Gasteiger partial charge in [-0.25, -0.2) is 0 Å². The second-order valence-electron chi connectivity index (χ2n) is 5.71. The van der Waals surface area contributed by atoms with E-state index in [-0.39, 0.29) is 11.2 Å². The lowest BCUT2D eigenvalue weighted by Gasteiger charge is -2.12. The lowest BCUT2D eigenvalue weighted by Crippen LogP contribution is -2.32. The Bertz CT molecular complexity index is 695. The molecule has 0 aliphatic heterocycles.